The van der Waals surface area contributed by atoms with E-state index < -0.39 is 0 Å². The zero-order valence-electron chi connectivity index (χ0n) is 11.0. The summed E-state index contributed by atoms with van der Waals surface area (Å²) in [5, 5.41) is 0. The molecule has 1 aromatic rings. The van der Waals surface area contributed by atoms with Crippen LogP contribution in [-0.4, -0.2) is 0 Å². The fourth-order valence-electron chi connectivity index (χ4n) is 2.12. The number of unbranched alkanes of at least 4 members (excludes halogenated alkanes) is 6. The predicted octanol–water partition coefficient (Wildman–Crippen LogP) is 4.14. The van der Waals surface area contributed by atoms with Gasteiger partial charge in [-0.3, -0.25) is 0 Å². The molecule has 1 rings (SSSR count). The van der Waals surface area contributed by atoms with Gasteiger partial charge in [0, 0.05) is 0 Å². The summed E-state index contributed by atoms with van der Waals surface area (Å²) in [4.78, 5) is 0. The molecular formula is C15H26N2. The van der Waals surface area contributed by atoms with Crippen LogP contribution in [0.5, 0.6) is 0 Å². The lowest BCUT2D eigenvalue weighted by molar-refractivity contribution is 0.589. The normalized spacial score (nSPS) is 10.6. The molecule has 96 valence electrons. The van der Waals surface area contributed by atoms with Crippen LogP contribution in [0.25, 0.3) is 0 Å². The van der Waals surface area contributed by atoms with E-state index in [2.05, 4.69) is 13.0 Å². The number of para-hydroxylation sites is 1. The molecule has 0 unspecified atom stereocenters. The molecule has 0 bridgehead atoms. The number of aryl methyl sites for hydroxylation is 1. The average molecular weight is 234 g/mol. The van der Waals surface area contributed by atoms with Gasteiger partial charge in [0.15, 0.2) is 0 Å². The Hall–Kier alpha value is -1.18. The number of benzene rings is 1. The molecule has 0 atom stereocenters. The maximum atomic E-state index is 5.94. The number of hydrogen-bond acceptors (Lipinski definition) is 2. The van der Waals surface area contributed by atoms with Crippen LogP contribution in [0.1, 0.15) is 57.4 Å². The lowest BCUT2D eigenvalue weighted by Crippen LogP contribution is -1.99. The Morgan fingerprint density at radius 2 is 1.53 bits per heavy atom. The van der Waals surface area contributed by atoms with Crippen molar-refractivity contribution in [3.63, 3.8) is 0 Å². The smallest absolute Gasteiger partial charge is 0.0580 e. The Balaban J connectivity index is 2.16. The summed E-state index contributed by atoms with van der Waals surface area (Å²) in [6.45, 7) is 2.25. The fourth-order valence-corrected chi connectivity index (χ4v) is 2.12. The summed E-state index contributed by atoms with van der Waals surface area (Å²) in [6, 6.07) is 5.94. The number of hydrogen-bond donors (Lipinski definition) is 2. The van der Waals surface area contributed by atoms with Crippen LogP contribution < -0.4 is 11.5 Å². The number of anilines is 2. The van der Waals surface area contributed by atoms with Crippen LogP contribution in [0, 0.1) is 0 Å². The summed E-state index contributed by atoms with van der Waals surface area (Å²) in [6.07, 6.45) is 10.4. The van der Waals surface area contributed by atoms with Gasteiger partial charge in [-0.25, -0.2) is 0 Å². The summed E-state index contributed by atoms with van der Waals surface area (Å²) >= 11 is 0. The van der Waals surface area contributed by atoms with E-state index in [9.17, 15) is 0 Å². The van der Waals surface area contributed by atoms with Gasteiger partial charge in [0.05, 0.1) is 11.4 Å². The lowest BCUT2D eigenvalue weighted by Gasteiger charge is -2.07. The van der Waals surface area contributed by atoms with Gasteiger partial charge in [0.25, 0.3) is 0 Å². The van der Waals surface area contributed by atoms with Crippen molar-refractivity contribution < 1.29 is 0 Å². The van der Waals surface area contributed by atoms with Crippen molar-refractivity contribution in [2.45, 2.75) is 58.3 Å². The SMILES string of the molecule is CCCCCCCCCc1cccc(N)c1N. The van der Waals surface area contributed by atoms with E-state index in [1.54, 1.807) is 0 Å². The number of rotatable bonds is 8. The molecule has 0 aliphatic carbocycles. The molecule has 2 heteroatoms. The first-order valence-electron chi connectivity index (χ1n) is 6.88. The summed E-state index contributed by atoms with van der Waals surface area (Å²) < 4.78 is 0. The van der Waals surface area contributed by atoms with Gasteiger partial charge >= 0.3 is 0 Å². The van der Waals surface area contributed by atoms with Crippen molar-refractivity contribution in [3.8, 4) is 0 Å². The first-order chi connectivity index (χ1) is 8.25. The first kappa shape index (κ1) is 13.9. The van der Waals surface area contributed by atoms with Gasteiger partial charge in [0.2, 0.25) is 0 Å². The minimum absolute atomic E-state index is 0.713. The van der Waals surface area contributed by atoms with Crippen molar-refractivity contribution in [1.82, 2.24) is 0 Å². The van der Waals surface area contributed by atoms with Gasteiger partial charge in [-0.2, -0.15) is 0 Å². The molecule has 17 heavy (non-hydrogen) atoms. The van der Waals surface area contributed by atoms with Gasteiger partial charge < -0.3 is 11.5 Å². The quantitative estimate of drug-likeness (QED) is 0.524. The maximum absolute atomic E-state index is 5.94. The Morgan fingerprint density at radius 1 is 0.882 bits per heavy atom. The second kappa shape index (κ2) is 7.99. The molecule has 0 radical (unpaired) electrons. The molecule has 0 saturated carbocycles. The topological polar surface area (TPSA) is 52.0 Å². The Kier molecular flexibility index (Phi) is 6.53. The van der Waals surface area contributed by atoms with Gasteiger partial charge in [-0.15, -0.1) is 0 Å². The van der Waals surface area contributed by atoms with E-state index in [0.29, 0.717) is 5.69 Å². The zero-order chi connectivity index (χ0) is 12.5. The molecule has 4 N–H and O–H groups in total. The van der Waals surface area contributed by atoms with Crippen LogP contribution in [0.3, 0.4) is 0 Å². The molecular weight excluding hydrogens is 208 g/mol. The molecule has 0 aromatic heterocycles. The Labute approximate surface area is 105 Å². The summed E-state index contributed by atoms with van der Waals surface area (Å²) in [7, 11) is 0. The minimum Gasteiger partial charge on any atom is -0.397 e. The molecule has 1 aromatic carbocycles. The Morgan fingerprint density at radius 3 is 2.24 bits per heavy atom. The highest BCUT2D eigenvalue weighted by Crippen LogP contribution is 2.21. The monoisotopic (exact) mass is 234 g/mol. The van der Waals surface area contributed by atoms with Crippen molar-refractivity contribution >= 4 is 11.4 Å². The molecule has 0 saturated heterocycles. The standard InChI is InChI=1S/C15H26N2/c1-2-3-4-5-6-7-8-10-13-11-9-12-14(16)15(13)17/h9,11-12H,2-8,10,16-17H2,1H3. The summed E-state index contributed by atoms with van der Waals surface area (Å²) in [5.74, 6) is 0. The first-order valence-corrected chi connectivity index (χ1v) is 6.88. The lowest BCUT2D eigenvalue weighted by atomic mass is 10.0. The van der Waals surface area contributed by atoms with Gasteiger partial charge in [-0.1, -0.05) is 57.6 Å². The highest BCUT2D eigenvalue weighted by atomic mass is 14.7. The van der Waals surface area contributed by atoms with Crippen molar-refractivity contribution in [1.29, 1.82) is 0 Å². The molecule has 0 aliphatic heterocycles. The van der Waals surface area contributed by atoms with Crippen molar-refractivity contribution in [2.24, 2.45) is 0 Å². The van der Waals surface area contributed by atoms with E-state index >= 15 is 0 Å². The largest absolute Gasteiger partial charge is 0.397 e. The van der Waals surface area contributed by atoms with Crippen LogP contribution >= 0.6 is 0 Å². The molecule has 0 aliphatic rings. The van der Waals surface area contributed by atoms with E-state index in [-0.39, 0.29) is 0 Å². The van der Waals surface area contributed by atoms with Crippen LogP contribution in [0.15, 0.2) is 18.2 Å². The maximum Gasteiger partial charge on any atom is 0.0580 e. The van der Waals surface area contributed by atoms with Crippen molar-refractivity contribution in [2.75, 3.05) is 11.5 Å². The van der Waals surface area contributed by atoms with Crippen LogP contribution in [-0.2, 0) is 6.42 Å². The molecule has 0 spiro atoms. The van der Waals surface area contributed by atoms with E-state index in [4.69, 9.17) is 11.5 Å². The molecule has 0 fully saturated rings. The molecule has 0 amide bonds. The van der Waals surface area contributed by atoms with Crippen LogP contribution in [0.4, 0.5) is 11.4 Å². The summed E-state index contributed by atoms with van der Waals surface area (Å²) in [5.41, 5.74) is 14.4. The zero-order valence-corrected chi connectivity index (χ0v) is 11.0. The highest BCUT2D eigenvalue weighted by molar-refractivity contribution is 5.67. The third-order valence-corrected chi connectivity index (χ3v) is 3.28. The second-order valence-electron chi connectivity index (χ2n) is 4.79. The van der Waals surface area contributed by atoms with E-state index in [1.807, 2.05) is 12.1 Å². The highest BCUT2D eigenvalue weighted by Gasteiger charge is 2.01. The molecule has 0 heterocycles. The predicted molar refractivity (Wildman–Crippen MR) is 77.0 cm³/mol. The Bertz CT molecular complexity index is 321. The van der Waals surface area contributed by atoms with E-state index in [0.717, 1.165) is 12.1 Å². The van der Waals surface area contributed by atoms with E-state index in [1.165, 1.54) is 50.5 Å². The van der Waals surface area contributed by atoms with Gasteiger partial charge in [-0.05, 0) is 24.5 Å². The third-order valence-electron chi connectivity index (χ3n) is 3.28. The molecule has 2 nitrogen and oxygen atoms in total. The second-order valence-corrected chi connectivity index (χ2v) is 4.79. The number of nitrogens with two attached hydrogens (primary N) is 2. The van der Waals surface area contributed by atoms with Crippen molar-refractivity contribution in [3.05, 3.63) is 23.8 Å². The number of nitrogen functional groups attached to an aromatic ring is 2. The van der Waals surface area contributed by atoms with Gasteiger partial charge in [0.1, 0.15) is 0 Å². The third kappa shape index (κ3) is 5.12. The van der Waals surface area contributed by atoms with Crippen LogP contribution in [0.2, 0.25) is 0 Å². The fraction of sp³-hybridized carbons (Fsp3) is 0.600. The average Bonchev–Trinajstić information content (AvgIpc) is 2.33. The minimum atomic E-state index is 0.713.